The molecule has 2 fully saturated rings. The zero-order chi connectivity index (χ0) is 18.4. The van der Waals surface area contributed by atoms with E-state index in [0.717, 1.165) is 19.5 Å². The number of ether oxygens (including phenoxy) is 2. The van der Waals surface area contributed by atoms with Gasteiger partial charge >= 0.3 is 0 Å². The molecule has 26 heavy (non-hydrogen) atoms. The van der Waals surface area contributed by atoms with E-state index in [1.54, 1.807) is 24.3 Å². The fraction of sp³-hybridized carbons (Fsp3) is 0.556. The Morgan fingerprint density at radius 3 is 2.35 bits per heavy atom. The summed E-state index contributed by atoms with van der Waals surface area (Å²) in [5, 5.41) is 5.70. The zero-order valence-corrected chi connectivity index (χ0v) is 14.8. The molecular formula is C18H26N4O4. The van der Waals surface area contributed by atoms with Crippen LogP contribution in [0.5, 0.6) is 0 Å². The maximum Gasteiger partial charge on any atom is 0.253 e. The molecule has 3 rings (SSSR count). The third kappa shape index (κ3) is 5.25. The minimum Gasteiger partial charge on any atom is -0.379 e. The number of benzene rings is 1. The molecule has 1 aromatic carbocycles. The first-order chi connectivity index (χ1) is 12.6. The minimum atomic E-state index is -0.448. The fourth-order valence-electron chi connectivity index (χ4n) is 3.09. The molecule has 2 aliphatic heterocycles. The molecule has 2 aliphatic rings. The molecule has 8 heteroatoms. The number of hydrogen-bond donors (Lipinski definition) is 3. The van der Waals surface area contributed by atoms with Crippen molar-refractivity contribution in [2.45, 2.75) is 25.0 Å². The summed E-state index contributed by atoms with van der Waals surface area (Å²) in [5.74, 6) is -0.221. The maximum atomic E-state index is 12.2. The predicted molar refractivity (Wildman–Crippen MR) is 97.9 cm³/mol. The summed E-state index contributed by atoms with van der Waals surface area (Å²) >= 11 is 0. The van der Waals surface area contributed by atoms with E-state index in [4.69, 9.17) is 15.2 Å². The largest absolute Gasteiger partial charge is 0.379 e. The van der Waals surface area contributed by atoms with Crippen LogP contribution in [-0.4, -0.2) is 68.3 Å². The smallest absolute Gasteiger partial charge is 0.253 e. The molecule has 2 saturated heterocycles. The van der Waals surface area contributed by atoms with Gasteiger partial charge in [0.1, 0.15) is 6.10 Å². The molecule has 0 unspecified atom stereocenters. The fourth-order valence-corrected chi connectivity index (χ4v) is 3.09. The van der Waals surface area contributed by atoms with Gasteiger partial charge in [-0.05, 0) is 37.1 Å². The third-order valence-electron chi connectivity index (χ3n) is 4.57. The molecule has 0 aliphatic carbocycles. The average molecular weight is 362 g/mol. The lowest BCUT2D eigenvalue weighted by molar-refractivity contribution is -0.126. The molecule has 8 nitrogen and oxygen atoms in total. The second-order valence-electron chi connectivity index (χ2n) is 6.56. The average Bonchev–Trinajstić information content (AvgIpc) is 3.13. The molecule has 0 saturated carbocycles. The van der Waals surface area contributed by atoms with Gasteiger partial charge in [0.15, 0.2) is 0 Å². The standard InChI is InChI=1S/C18H26N4O4/c19-11-15-5-6-16(26-15)18(24)21-14-3-1-13(2-4-14)20-17(23)12-22-7-9-25-10-8-22/h1-4,15-16H,5-12,19H2,(H,20,23)(H,21,24)/t15-,16+/m1/s1. The number of carbonyl (C=O) groups excluding carboxylic acids is 2. The van der Waals surface area contributed by atoms with E-state index in [0.29, 0.717) is 44.1 Å². The molecule has 2 amide bonds. The molecule has 142 valence electrons. The molecule has 2 heterocycles. The van der Waals surface area contributed by atoms with Crippen molar-refractivity contribution < 1.29 is 19.1 Å². The van der Waals surface area contributed by atoms with E-state index in [1.807, 2.05) is 0 Å². The second kappa shape index (κ2) is 9.09. The lowest BCUT2D eigenvalue weighted by Gasteiger charge is -2.25. The van der Waals surface area contributed by atoms with Crippen molar-refractivity contribution >= 4 is 23.2 Å². The highest BCUT2D eigenvalue weighted by Gasteiger charge is 2.29. The highest BCUT2D eigenvalue weighted by molar-refractivity contribution is 5.95. The van der Waals surface area contributed by atoms with E-state index in [9.17, 15) is 9.59 Å². The number of amides is 2. The van der Waals surface area contributed by atoms with E-state index in [-0.39, 0.29) is 17.9 Å². The number of rotatable bonds is 6. The maximum absolute atomic E-state index is 12.2. The number of nitrogens with zero attached hydrogens (tertiary/aromatic N) is 1. The van der Waals surface area contributed by atoms with E-state index in [2.05, 4.69) is 15.5 Å². The molecule has 1 aromatic rings. The Morgan fingerprint density at radius 2 is 1.73 bits per heavy atom. The highest BCUT2D eigenvalue weighted by Crippen LogP contribution is 2.21. The van der Waals surface area contributed by atoms with Crippen LogP contribution in [0.3, 0.4) is 0 Å². The summed E-state index contributed by atoms with van der Waals surface area (Å²) in [6, 6.07) is 7.06. The van der Waals surface area contributed by atoms with Gasteiger partial charge in [-0.25, -0.2) is 0 Å². The Bertz CT molecular complexity index is 616. The molecule has 0 bridgehead atoms. The van der Waals surface area contributed by atoms with Gasteiger partial charge in [0.2, 0.25) is 5.91 Å². The monoisotopic (exact) mass is 362 g/mol. The van der Waals surface area contributed by atoms with Gasteiger partial charge in [-0.2, -0.15) is 0 Å². The SMILES string of the molecule is NC[C@H]1CC[C@@H](C(=O)Nc2ccc(NC(=O)CN3CCOCC3)cc2)O1. The first-order valence-electron chi connectivity index (χ1n) is 9.00. The summed E-state index contributed by atoms with van der Waals surface area (Å²) in [6.07, 6.45) is 1.01. The van der Waals surface area contributed by atoms with E-state index < -0.39 is 6.10 Å². The predicted octanol–water partition coefficient (Wildman–Crippen LogP) is 0.402. The summed E-state index contributed by atoms with van der Waals surface area (Å²) in [5.41, 5.74) is 6.93. The van der Waals surface area contributed by atoms with Crippen molar-refractivity contribution in [3.63, 3.8) is 0 Å². The highest BCUT2D eigenvalue weighted by atomic mass is 16.5. The van der Waals surface area contributed by atoms with Crippen LogP contribution in [0.15, 0.2) is 24.3 Å². The van der Waals surface area contributed by atoms with E-state index >= 15 is 0 Å². The zero-order valence-electron chi connectivity index (χ0n) is 14.8. The first-order valence-corrected chi connectivity index (χ1v) is 9.00. The van der Waals surface area contributed by atoms with Crippen molar-refractivity contribution in [1.82, 2.24) is 4.90 Å². The summed E-state index contributed by atoms with van der Waals surface area (Å²) in [7, 11) is 0. The van der Waals surface area contributed by atoms with Gasteiger partial charge in [-0.1, -0.05) is 0 Å². The molecule has 0 aromatic heterocycles. The van der Waals surface area contributed by atoms with Gasteiger partial charge in [0.05, 0.1) is 25.9 Å². The van der Waals surface area contributed by atoms with Crippen molar-refractivity contribution in [1.29, 1.82) is 0 Å². The normalized spacial score (nSPS) is 23.6. The Kier molecular flexibility index (Phi) is 6.56. The third-order valence-corrected chi connectivity index (χ3v) is 4.57. The Hall–Kier alpha value is -2.00. The topological polar surface area (TPSA) is 106 Å². The molecule has 0 radical (unpaired) electrons. The van der Waals surface area contributed by atoms with Crippen LogP contribution in [-0.2, 0) is 19.1 Å². The number of anilines is 2. The molecule has 2 atom stereocenters. The van der Waals surface area contributed by atoms with Crippen molar-refractivity contribution in [3.05, 3.63) is 24.3 Å². The Balaban J connectivity index is 1.45. The number of carbonyl (C=O) groups is 2. The summed E-state index contributed by atoms with van der Waals surface area (Å²) in [4.78, 5) is 26.3. The van der Waals surface area contributed by atoms with Crippen LogP contribution >= 0.6 is 0 Å². The van der Waals surface area contributed by atoms with Gasteiger partial charge in [0.25, 0.3) is 5.91 Å². The van der Waals surface area contributed by atoms with Crippen molar-refractivity contribution in [2.75, 3.05) is 50.0 Å². The molecule has 4 N–H and O–H groups in total. The number of hydrogen-bond acceptors (Lipinski definition) is 6. The lowest BCUT2D eigenvalue weighted by atomic mass is 10.2. The van der Waals surface area contributed by atoms with Gasteiger partial charge in [0, 0.05) is 31.0 Å². The second-order valence-corrected chi connectivity index (χ2v) is 6.56. The van der Waals surface area contributed by atoms with E-state index in [1.165, 1.54) is 0 Å². The van der Waals surface area contributed by atoms with Crippen LogP contribution < -0.4 is 16.4 Å². The molecular weight excluding hydrogens is 336 g/mol. The first kappa shape index (κ1) is 18.8. The minimum absolute atomic E-state index is 0.0326. The van der Waals surface area contributed by atoms with Crippen LogP contribution in [0.1, 0.15) is 12.8 Å². The van der Waals surface area contributed by atoms with Crippen LogP contribution in [0.4, 0.5) is 11.4 Å². The van der Waals surface area contributed by atoms with Gasteiger partial charge in [-0.3, -0.25) is 14.5 Å². The van der Waals surface area contributed by atoms with Crippen LogP contribution in [0, 0.1) is 0 Å². The summed E-state index contributed by atoms with van der Waals surface area (Å²) < 4.78 is 10.9. The quantitative estimate of drug-likeness (QED) is 0.677. The number of morpholine rings is 1. The number of nitrogens with one attached hydrogen (secondary N) is 2. The van der Waals surface area contributed by atoms with Gasteiger partial charge < -0.3 is 25.8 Å². The van der Waals surface area contributed by atoms with Crippen LogP contribution in [0.2, 0.25) is 0 Å². The Labute approximate surface area is 153 Å². The molecule has 0 spiro atoms. The van der Waals surface area contributed by atoms with Crippen molar-refractivity contribution in [3.8, 4) is 0 Å². The van der Waals surface area contributed by atoms with Gasteiger partial charge in [-0.15, -0.1) is 0 Å². The van der Waals surface area contributed by atoms with Crippen LogP contribution in [0.25, 0.3) is 0 Å². The number of nitrogens with two attached hydrogens (primary N) is 1. The lowest BCUT2D eigenvalue weighted by Crippen LogP contribution is -2.41. The summed E-state index contributed by atoms with van der Waals surface area (Å²) in [6.45, 7) is 3.65. The van der Waals surface area contributed by atoms with Crippen molar-refractivity contribution in [2.24, 2.45) is 5.73 Å². The Morgan fingerprint density at radius 1 is 1.08 bits per heavy atom.